The van der Waals surface area contributed by atoms with E-state index in [2.05, 4.69) is 6.07 Å². The standard InChI is InChI=1S/C25H20ClN3O3S/c26-19-7-9-20(10-8-19)28-12-3-6-21(28)14-22-24(31)29(25(32)33-22)16-23(30)27-13-11-17-4-1-2-5-18(17)15-27/h1-10,12,14H,11,13,15-16H2/b22-14-. The van der Waals surface area contributed by atoms with E-state index in [-0.39, 0.29) is 12.5 Å². The van der Waals surface area contributed by atoms with Crippen molar-refractivity contribution in [1.29, 1.82) is 0 Å². The first kappa shape index (κ1) is 21.6. The molecule has 2 aliphatic rings. The van der Waals surface area contributed by atoms with E-state index in [4.69, 9.17) is 11.6 Å². The van der Waals surface area contributed by atoms with Gasteiger partial charge in [-0.05, 0) is 71.8 Å². The van der Waals surface area contributed by atoms with Crippen LogP contribution in [-0.4, -0.2) is 44.5 Å². The largest absolute Gasteiger partial charge is 0.336 e. The van der Waals surface area contributed by atoms with Crippen LogP contribution in [0, 0.1) is 0 Å². The molecule has 1 fully saturated rings. The Morgan fingerprint density at radius 2 is 1.76 bits per heavy atom. The number of carbonyl (C=O) groups is 3. The Morgan fingerprint density at radius 3 is 2.55 bits per heavy atom. The zero-order chi connectivity index (χ0) is 22.9. The Morgan fingerprint density at radius 1 is 1.00 bits per heavy atom. The first-order chi connectivity index (χ1) is 16.0. The van der Waals surface area contributed by atoms with Gasteiger partial charge in [-0.3, -0.25) is 19.3 Å². The first-order valence-corrected chi connectivity index (χ1v) is 11.7. The number of thioether (sulfide) groups is 1. The Hall–Kier alpha value is -3.29. The molecule has 6 nitrogen and oxygen atoms in total. The molecule has 0 bridgehead atoms. The molecule has 3 amide bonds. The highest BCUT2D eigenvalue weighted by molar-refractivity contribution is 8.18. The normalized spacial score (nSPS) is 17.1. The van der Waals surface area contributed by atoms with Gasteiger partial charge in [0.25, 0.3) is 11.1 Å². The molecule has 0 spiro atoms. The molecule has 0 atom stereocenters. The summed E-state index contributed by atoms with van der Waals surface area (Å²) in [5, 5.41) is 0.206. The smallest absolute Gasteiger partial charge is 0.294 e. The number of hydrogen-bond acceptors (Lipinski definition) is 4. The maximum absolute atomic E-state index is 13.0. The second-order valence-corrected chi connectivity index (χ2v) is 9.31. The molecule has 0 N–H and O–H groups in total. The van der Waals surface area contributed by atoms with E-state index in [9.17, 15) is 14.4 Å². The van der Waals surface area contributed by atoms with E-state index in [0.717, 1.165) is 40.0 Å². The molecule has 8 heteroatoms. The Kier molecular flexibility index (Phi) is 5.83. The van der Waals surface area contributed by atoms with Crippen molar-refractivity contribution in [2.45, 2.75) is 13.0 Å². The Bertz CT molecular complexity index is 1280. The number of carbonyl (C=O) groups excluding carboxylic acids is 3. The van der Waals surface area contributed by atoms with Gasteiger partial charge in [0.15, 0.2) is 0 Å². The fourth-order valence-electron chi connectivity index (χ4n) is 4.06. The number of nitrogens with zero attached hydrogens (tertiary/aromatic N) is 3. The van der Waals surface area contributed by atoms with Crippen molar-refractivity contribution in [2.24, 2.45) is 0 Å². The van der Waals surface area contributed by atoms with Gasteiger partial charge in [0.05, 0.1) is 4.91 Å². The van der Waals surface area contributed by atoms with Crippen LogP contribution >= 0.6 is 23.4 Å². The monoisotopic (exact) mass is 477 g/mol. The van der Waals surface area contributed by atoms with E-state index < -0.39 is 11.1 Å². The van der Waals surface area contributed by atoms with Gasteiger partial charge in [0.1, 0.15) is 6.54 Å². The van der Waals surface area contributed by atoms with Crippen LogP contribution in [0.3, 0.4) is 0 Å². The quantitative estimate of drug-likeness (QED) is 0.509. The molecular weight excluding hydrogens is 458 g/mol. The molecule has 1 aromatic heterocycles. The van der Waals surface area contributed by atoms with Gasteiger partial charge >= 0.3 is 0 Å². The summed E-state index contributed by atoms with van der Waals surface area (Å²) in [5.74, 6) is -0.669. The third-order valence-corrected chi connectivity index (χ3v) is 6.97. The number of fused-ring (bicyclic) bond motifs is 1. The molecule has 0 radical (unpaired) electrons. The van der Waals surface area contributed by atoms with E-state index in [1.54, 1.807) is 23.1 Å². The molecular formula is C25H20ClN3O3S. The topological polar surface area (TPSA) is 62.6 Å². The zero-order valence-electron chi connectivity index (χ0n) is 17.6. The van der Waals surface area contributed by atoms with Crippen LogP contribution in [0.1, 0.15) is 16.8 Å². The maximum atomic E-state index is 13.0. The number of aromatic nitrogens is 1. The minimum Gasteiger partial charge on any atom is -0.336 e. The molecule has 166 valence electrons. The molecule has 0 aliphatic carbocycles. The molecule has 0 unspecified atom stereocenters. The van der Waals surface area contributed by atoms with Crippen molar-refractivity contribution in [2.75, 3.05) is 13.1 Å². The van der Waals surface area contributed by atoms with Gasteiger partial charge in [-0.1, -0.05) is 35.9 Å². The second kappa shape index (κ2) is 8.92. The van der Waals surface area contributed by atoms with Crippen molar-refractivity contribution in [1.82, 2.24) is 14.4 Å². The molecule has 2 aromatic carbocycles. The van der Waals surface area contributed by atoms with Crippen molar-refractivity contribution in [3.8, 4) is 5.69 Å². The summed E-state index contributed by atoms with van der Waals surface area (Å²) < 4.78 is 1.90. The summed E-state index contributed by atoms with van der Waals surface area (Å²) in [6.07, 6.45) is 4.32. The summed E-state index contributed by atoms with van der Waals surface area (Å²) in [4.78, 5) is 41.5. The minimum absolute atomic E-state index is 0.224. The highest BCUT2D eigenvalue weighted by atomic mass is 35.5. The lowest BCUT2D eigenvalue weighted by Crippen LogP contribution is -2.44. The first-order valence-electron chi connectivity index (χ1n) is 10.5. The summed E-state index contributed by atoms with van der Waals surface area (Å²) in [5.41, 5.74) is 3.98. The van der Waals surface area contributed by atoms with Crippen LogP contribution in [0.5, 0.6) is 0 Å². The van der Waals surface area contributed by atoms with E-state index in [1.165, 1.54) is 5.56 Å². The van der Waals surface area contributed by atoms with Crippen LogP contribution in [0.15, 0.2) is 71.8 Å². The lowest BCUT2D eigenvalue weighted by Gasteiger charge is -2.29. The fourth-order valence-corrected chi connectivity index (χ4v) is 5.01. The van der Waals surface area contributed by atoms with Gasteiger partial charge in [-0.2, -0.15) is 0 Å². The highest BCUT2D eigenvalue weighted by Gasteiger charge is 2.37. The number of halogens is 1. The molecule has 3 aromatic rings. The summed E-state index contributed by atoms with van der Waals surface area (Å²) in [6, 6.07) is 19.1. The maximum Gasteiger partial charge on any atom is 0.294 e. The van der Waals surface area contributed by atoms with Gasteiger partial charge in [0.2, 0.25) is 5.91 Å². The van der Waals surface area contributed by atoms with E-state index in [0.29, 0.717) is 23.0 Å². The van der Waals surface area contributed by atoms with Gasteiger partial charge in [-0.15, -0.1) is 0 Å². The van der Waals surface area contributed by atoms with Gasteiger partial charge in [0, 0.05) is 35.7 Å². The minimum atomic E-state index is -0.445. The predicted octanol–water partition coefficient (Wildman–Crippen LogP) is 4.75. The molecule has 0 saturated carbocycles. The summed E-state index contributed by atoms with van der Waals surface area (Å²) in [6.45, 7) is 0.828. The average Bonchev–Trinajstić information content (AvgIpc) is 3.39. The van der Waals surface area contributed by atoms with E-state index >= 15 is 0 Å². The van der Waals surface area contributed by atoms with Gasteiger partial charge in [-0.25, -0.2) is 0 Å². The summed E-state index contributed by atoms with van der Waals surface area (Å²) in [7, 11) is 0. The third-order valence-electron chi connectivity index (χ3n) is 5.81. The SMILES string of the molecule is O=C(CN1C(=O)S/C(=C\c2cccn2-c2ccc(Cl)cc2)C1=O)N1CCc2ccccc2C1. The molecule has 3 heterocycles. The van der Waals surface area contributed by atoms with Crippen LogP contribution < -0.4 is 0 Å². The lowest BCUT2D eigenvalue weighted by molar-refractivity contribution is -0.136. The number of rotatable bonds is 4. The predicted molar refractivity (Wildman–Crippen MR) is 129 cm³/mol. The number of imide groups is 1. The average molecular weight is 478 g/mol. The van der Waals surface area contributed by atoms with Crippen molar-refractivity contribution in [3.63, 3.8) is 0 Å². The Balaban J connectivity index is 1.31. The van der Waals surface area contributed by atoms with Crippen LogP contribution in [0.2, 0.25) is 5.02 Å². The number of hydrogen-bond donors (Lipinski definition) is 0. The van der Waals surface area contributed by atoms with Crippen LogP contribution in [-0.2, 0) is 22.6 Å². The number of amides is 3. The molecule has 2 aliphatic heterocycles. The van der Waals surface area contributed by atoms with Crippen LogP contribution in [0.25, 0.3) is 11.8 Å². The Labute approximate surface area is 200 Å². The van der Waals surface area contributed by atoms with E-state index in [1.807, 2.05) is 53.2 Å². The summed E-state index contributed by atoms with van der Waals surface area (Å²) >= 11 is 6.84. The van der Waals surface area contributed by atoms with Crippen molar-refractivity contribution < 1.29 is 14.4 Å². The lowest BCUT2D eigenvalue weighted by atomic mass is 10.00. The second-order valence-electron chi connectivity index (χ2n) is 7.88. The molecule has 33 heavy (non-hydrogen) atoms. The van der Waals surface area contributed by atoms with Crippen LogP contribution in [0.4, 0.5) is 4.79 Å². The third kappa shape index (κ3) is 4.34. The van der Waals surface area contributed by atoms with Gasteiger partial charge < -0.3 is 9.47 Å². The zero-order valence-corrected chi connectivity index (χ0v) is 19.2. The molecule has 1 saturated heterocycles. The number of benzene rings is 2. The fraction of sp³-hybridized carbons (Fsp3) is 0.160. The van der Waals surface area contributed by atoms with Crippen molar-refractivity contribution in [3.05, 3.63) is 93.6 Å². The molecule has 5 rings (SSSR count). The van der Waals surface area contributed by atoms with Crippen molar-refractivity contribution >= 4 is 46.5 Å². The highest BCUT2D eigenvalue weighted by Crippen LogP contribution is 2.33.